The fourth-order valence-corrected chi connectivity index (χ4v) is 2.74. The molecule has 2 rings (SSSR count). The summed E-state index contributed by atoms with van der Waals surface area (Å²) < 4.78 is 18.1. The molecule has 8 nitrogen and oxygen atoms in total. The third-order valence-corrected chi connectivity index (χ3v) is 3.95. The molecule has 0 aliphatic heterocycles. The Labute approximate surface area is 154 Å². The Morgan fingerprint density at radius 1 is 1.26 bits per heavy atom. The molecule has 0 amide bonds. The number of hydrogen-bond donors (Lipinski definition) is 3. The third kappa shape index (κ3) is 5.86. The van der Waals surface area contributed by atoms with Crippen molar-refractivity contribution in [3.63, 3.8) is 0 Å². The molecule has 1 atom stereocenters. The Kier molecular flexibility index (Phi) is 7.63. The van der Waals surface area contributed by atoms with E-state index >= 15 is 0 Å². The van der Waals surface area contributed by atoms with Gasteiger partial charge in [0.05, 0.1) is 13.2 Å². The Bertz CT molecular complexity index is 734. The maximum absolute atomic E-state index is 11.6. The quantitative estimate of drug-likeness (QED) is 0.507. The van der Waals surface area contributed by atoms with Gasteiger partial charge in [-0.05, 0) is 11.6 Å². The number of aromatic nitrogens is 2. The second-order valence-electron chi connectivity index (χ2n) is 4.55. The molecule has 1 radical (unpaired) electrons. The summed E-state index contributed by atoms with van der Waals surface area (Å²) in [5, 5.41) is 0. The maximum Gasteiger partial charge on any atom is 0.358 e. The number of rotatable bonds is 6. The van der Waals surface area contributed by atoms with Crippen LogP contribution in [-0.4, -0.2) is 55.5 Å². The van der Waals surface area contributed by atoms with Crippen molar-refractivity contribution >= 4 is 43.0 Å². The van der Waals surface area contributed by atoms with Crippen molar-refractivity contribution in [3.8, 4) is 0 Å². The summed E-state index contributed by atoms with van der Waals surface area (Å²) in [5.74, 6) is -1.26. The normalized spacial score (nSPS) is 12.4. The molecule has 0 saturated heterocycles. The first-order valence-electron chi connectivity index (χ1n) is 6.42. The van der Waals surface area contributed by atoms with E-state index in [4.69, 9.17) is 10.5 Å². The van der Waals surface area contributed by atoms with Gasteiger partial charge in [-0.1, -0.05) is 30.3 Å². The summed E-state index contributed by atoms with van der Waals surface area (Å²) in [6, 6.07) is 9.66. The van der Waals surface area contributed by atoms with Gasteiger partial charge in [0.1, 0.15) is 5.82 Å². The summed E-state index contributed by atoms with van der Waals surface area (Å²) in [5.41, 5.74) is 5.21. The predicted octanol–water partition coefficient (Wildman–Crippen LogP) is 0.338. The van der Waals surface area contributed by atoms with Crippen molar-refractivity contribution in [2.75, 3.05) is 12.3 Å². The molecule has 23 heavy (non-hydrogen) atoms. The number of benzene rings is 1. The maximum atomic E-state index is 11.6. The van der Waals surface area contributed by atoms with Gasteiger partial charge in [-0.15, -0.1) is 0 Å². The van der Waals surface area contributed by atoms with E-state index in [0.717, 1.165) is 0 Å². The third-order valence-electron chi connectivity index (χ3n) is 2.89. The fraction of sp³-hybridized carbons (Fsp3) is 0.231. The predicted molar refractivity (Wildman–Crippen MR) is 85.8 cm³/mol. The summed E-state index contributed by atoms with van der Waals surface area (Å²) in [6.07, 6.45) is 1.45. The number of ether oxygens (including phenoxy) is 1. The molecule has 1 unspecified atom stereocenters. The molecular formula is C13H16N3NaO5P. The van der Waals surface area contributed by atoms with Gasteiger partial charge in [-0.25, -0.2) is 4.79 Å². The van der Waals surface area contributed by atoms with Crippen LogP contribution in [0.15, 0.2) is 47.4 Å². The van der Waals surface area contributed by atoms with Crippen LogP contribution in [-0.2, 0) is 15.8 Å². The molecular weight excluding hydrogens is 332 g/mol. The average molecular weight is 348 g/mol. The Morgan fingerprint density at radius 2 is 1.91 bits per heavy atom. The van der Waals surface area contributed by atoms with Crippen molar-refractivity contribution in [3.05, 3.63) is 58.6 Å². The topological polar surface area (TPSA) is 128 Å². The van der Waals surface area contributed by atoms with Crippen molar-refractivity contribution in [2.45, 2.75) is 12.4 Å². The number of nitrogen functional groups attached to an aromatic ring is 1. The molecule has 0 fully saturated rings. The largest absolute Gasteiger partial charge is 0.383 e. The van der Waals surface area contributed by atoms with Gasteiger partial charge in [0.2, 0.25) is 0 Å². The van der Waals surface area contributed by atoms with E-state index in [1.807, 2.05) is 0 Å². The smallest absolute Gasteiger partial charge is 0.358 e. The van der Waals surface area contributed by atoms with Crippen molar-refractivity contribution in [1.82, 2.24) is 9.55 Å². The molecule has 0 saturated carbocycles. The number of hydrogen-bond acceptors (Lipinski definition) is 5. The number of nitrogens with zero attached hydrogens (tertiary/aromatic N) is 2. The van der Waals surface area contributed by atoms with Gasteiger partial charge < -0.3 is 20.3 Å². The summed E-state index contributed by atoms with van der Waals surface area (Å²) in [4.78, 5) is 33.9. The summed E-state index contributed by atoms with van der Waals surface area (Å²) in [6.45, 7) is 0.0472. The van der Waals surface area contributed by atoms with Crippen LogP contribution in [0.4, 0.5) is 5.82 Å². The molecule has 1 aromatic heterocycles. The monoisotopic (exact) mass is 348 g/mol. The number of anilines is 1. The molecule has 0 bridgehead atoms. The van der Waals surface area contributed by atoms with Crippen LogP contribution in [0.3, 0.4) is 0 Å². The van der Waals surface area contributed by atoms with Crippen LogP contribution in [0.25, 0.3) is 0 Å². The molecule has 1 heterocycles. The van der Waals surface area contributed by atoms with Crippen LogP contribution >= 0.6 is 7.60 Å². The van der Waals surface area contributed by atoms with Crippen LogP contribution in [0.5, 0.6) is 0 Å². The molecule has 1 aromatic carbocycles. The van der Waals surface area contributed by atoms with E-state index in [9.17, 15) is 19.1 Å². The van der Waals surface area contributed by atoms with Crippen LogP contribution in [0.1, 0.15) is 11.4 Å². The fourth-order valence-electron chi connectivity index (χ4n) is 1.88. The van der Waals surface area contributed by atoms with Gasteiger partial charge in [0.15, 0.2) is 5.85 Å². The zero-order chi connectivity index (χ0) is 16.2. The molecule has 10 heteroatoms. The van der Waals surface area contributed by atoms with E-state index in [-0.39, 0.29) is 48.5 Å². The van der Waals surface area contributed by atoms with Crippen LogP contribution in [0.2, 0.25) is 0 Å². The van der Waals surface area contributed by atoms with Crippen molar-refractivity contribution < 1.29 is 19.1 Å². The summed E-state index contributed by atoms with van der Waals surface area (Å²) in [7, 11) is -4.48. The minimum Gasteiger partial charge on any atom is -0.383 e. The number of nitrogens with two attached hydrogens (primary N) is 1. The van der Waals surface area contributed by atoms with Gasteiger partial charge in [-0.2, -0.15) is 4.98 Å². The minimum absolute atomic E-state index is 0. The Hall–Kier alpha value is -0.990. The van der Waals surface area contributed by atoms with Gasteiger partial charge in [0.25, 0.3) is 0 Å². The molecule has 0 aliphatic rings. The molecule has 2 aromatic rings. The zero-order valence-electron chi connectivity index (χ0n) is 12.6. The van der Waals surface area contributed by atoms with Crippen LogP contribution in [0, 0.1) is 0 Å². The van der Waals surface area contributed by atoms with Gasteiger partial charge in [-0.3, -0.25) is 9.13 Å². The van der Waals surface area contributed by atoms with E-state index in [0.29, 0.717) is 5.56 Å². The first-order chi connectivity index (χ1) is 10.4. The molecule has 4 N–H and O–H groups in total. The van der Waals surface area contributed by atoms with Crippen molar-refractivity contribution in [2.24, 2.45) is 0 Å². The van der Waals surface area contributed by atoms with Crippen LogP contribution < -0.4 is 11.4 Å². The molecule has 0 spiro atoms. The average Bonchev–Trinajstić information content (AvgIpc) is 2.45. The molecule has 119 valence electrons. The Morgan fingerprint density at radius 3 is 2.48 bits per heavy atom. The summed E-state index contributed by atoms with van der Waals surface area (Å²) >= 11 is 0. The standard InChI is InChI=1S/C13H16N3O5P.Na/c14-11-6-7-16(13(17)15-11)8-9-21-12(22(18,19)20)10-4-2-1-3-5-10;/h1-7,12H,8-9H2,(H2,14,15,17)(H2,18,19,20);. The zero-order valence-corrected chi connectivity index (χ0v) is 15.5. The van der Waals surface area contributed by atoms with E-state index < -0.39 is 19.1 Å². The van der Waals surface area contributed by atoms with Gasteiger partial charge >= 0.3 is 13.3 Å². The van der Waals surface area contributed by atoms with E-state index in [1.165, 1.54) is 16.8 Å². The molecule has 0 aliphatic carbocycles. The van der Waals surface area contributed by atoms with E-state index in [2.05, 4.69) is 4.98 Å². The first kappa shape index (κ1) is 20.1. The SMILES string of the molecule is Nc1ccn(CCOC(c2ccccc2)P(=O)(O)O)c(=O)n1.[Na]. The minimum atomic E-state index is -4.48. The second-order valence-corrected chi connectivity index (χ2v) is 6.20. The first-order valence-corrected chi connectivity index (χ1v) is 8.11. The second kappa shape index (κ2) is 8.75. The van der Waals surface area contributed by atoms with E-state index in [1.54, 1.807) is 30.3 Å². The van der Waals surface area contributed by atoms with Gasteiger partial charge in [0, 0.05) is 35.8 Å². The van der Waals surface area contributed by atoms with Crippen molar-refractivity contribution in [1.29, 1.82) is 0 Å². The Balaban J connectivity index is 0.00000264.